The number of alkyl carbamates (subject to hydrolysis) is 1. The number of amides is 1. The van der Waals surface area contributed by atoms with Gasteiger partial charge in [-0.2, -0.15) is 0 Å². The molecule has 1 amide bonds. The maximum absolute atomic E-state index is 12.2. The van der Waals surface area contributed by atoms with Crippen molar-refractivity contribution in [3.63, 3.8) is 0 Å². The summed E-state index contributed by atoms with van der Waals surface area (Å²) in [4.78, 5) is 27.1. The van der Waals surface area contributed by atoms with Crippen LogP contribution in [0.5, 0.6) is 5.75 Å². The van der Waals surface area contributed by atoms with Crippen molar-refractivity contribution >= 4 is 17.0 Å². The zero-order valence-corrected chi connectivity index (χ0v) is 19.9. The minimum Gasteiger partial charge on any atom is -0.496 e. The Morgan fingerprint density at radius 3 is 2.34 bits per heavy atom. The van der Waals surface area contributed by atoms with Crippen molar-refractivity contribution < 1.29 is 14.3 Å². The molecule has 0 radical (unpaired) electrons. The number of rotatable bonds is 5. The first kappa shape index (κ1) is 23.4. The smallest absolute Gasteiger partial charge is 0.407 e. The highest BCUT2D eigenvalue weighted by molar-refractivity contribution is 5.99. The highest BCUT2D eigenvalue weighted by Crippen LogP contribution is 2.38. The summed E-state index contributed by atoms with van der Waals surface area (Å²) in [6.07, 6.45) is -0.416. The SMILES string of the molecule is COc1cc(C)c2[nH]c(=O)c(C)cc2c1-c1ccc([C@@H](C)CNC(=O)OC(C)(C)C)cc1. The summed E-state index contributed by atoms with van der Waals surface area (Å²) in [5, 5.41) is 3.78. The van der Waals surface area contributed by atoms with Crippen molar-refractivity contribution in [1.82, 2.24) is 10.3 Å². The fourth-order valence-corrected chi connectivity index (χ4v) is 3.72. The number of hydrogen-bond acceptors (Lipinski definition) is 4. The van der Waals surface area contributed by atoms with E-state index in [0.717, 1.165) is 38.9 Å². The van der Waals surface area contributed by atoms with E-state index in [4.69, 9.17) is 9.47 Å². The van der Waals surface area contributed by atoms with E-state index in [2.05, 4.69) is 29.4 Å². The van der Waals surface area contributed by atoms with Crippen molar-refractivity contribution in [2.45, 2.75) is 53.1 Å². The third-order valence-corrected chi connectivity index (χ3v) is 5.42. The Balaban J connectivity index is 1.90. The number of nitrogens with one attached hydrogen (secondary N) is 2. The highest BCUT2D eigenvalue weighted by Gasteiger charge is 2.18. The average molecular weight is 437 g/mol. The maximum atomic E-state index is 12.2. The van der Waals surface area contributed by atoms with Crippen LogP contribution in [0.1, 0.15) is 50.3 Å². The van der Waals surface area contributed by atoms with Crippen LogP contribution in [0.25, 0.3) is 22.0 Å². The Bertz CT molecular complexity index is 1190. The number of ether oxygens (including phenoxy) is 2. The summed E-state index contributed by atoms with van der Waals surface area (Å²) in [6, 6.07) is 12.1. The maximum Gasteiger partial charge on any atom is 0.407 e. The van der Waals surface area contributed by atoms with Crippen LogP contribution in [0.15, 0.2) is 41.2 Å². The molecule has 0 fully saturated rings. The van der Waals surface area contributed by atoms with Gasteiger partial charge in [0.2, 0.25) is 0 Å². The van der Waals surface area contributed by atoms with Gasteiger partial charge in [0.25, 0.3) is 5.56 Å². The van der Waals surface area contributed by atoms with Crippen LogP contribution in [0.4, 0.5) is 4.79 Å². The first-order valence-electron chi connectivity index (χ1n) is 10.8. The molecule has 0 saturated heterocycles. The lowest BCUT2D eigenvalue weighted by Crippen LogP contribution is -2.34. The van der Waals surface area contributed by atoms with Crippen LogP contribution in [0, 0.1) is 13.8 Å². The Kier molecular flexibility index (Phi) is 6.63. The van der Waals surface area contributed by atoms with Gasteiger partial charge >= 0.3 is 6.09 Å². The summed E-state index contributed by atoms with van der Waals surface area (Å²) in [5.74, 6) is 0.876. The summed E-state index contributed by atoms with van der Waals surface area (Å²) in [5.41, 5.74) is 4.86. The minimum absolute atomic E-state index is 0.0848. The number of aromatic nitrogens is 1. The van der Waals surface area contributed by atoms with Gasteiger partial charge < -0.3 is 19.8 Å². The molecule has 3 rings (SSSR count). The molecule has 0 aliphatic rings. The lowest BCUT2D eigenvalue weighted by atomic mass is 9.93. The second-order valence-electron chi connectivity index (χ2n) is 9.25. The molecule has 6 heteroatoms. The quantitative estimate of drug-likeness (QED) is 0.557. The molecule has 3 aromatic rings. The van der Waals surface area contributed by atoms with E-state index in [-0.39, 0.29) is 11.5 Å². The summed E-state index contributed by atoms with van der Waals surface area (Å²) in [6.45, 7) is 11.8. The van der Waals surface area contributed by atoms with E-state index in [1.807, 2.05) is 52.0 Å². The number of benzene rings is 2. The molecule has 0 spiro atoms. The van der Waals surface area contributed by atoms with Crippen LogP contribution >= 0.6 is 0 Å². The standard InChI is InChI=1S/C26H32N2O4/c1-15-13-21(31-7)22(20-12-16(2)24(29)28-23(15)20)19-10-8-18(9-11-19)17(3)14-27-25(30)32-26(4,5)6/h8-13,17H,14H2,1-7H3,(H,27,30)(H,28,29)/t17-/m0/s1. The average Bonchev–Trinajstić information content (AvgIpc) is 2.72. The second kappa shape index (κ2) is 9.07. The molecule has 0 aliphatic heterocycles. The number of fused-ring (bicyclic) bond motifs is 1. The van der Waals surface area contributed by atoms with Crippen LogP contribution in [0.2, 0.25) is 0 Å². The number of aryl methyl sites for hydroxylation is 2. The minimum atomic E-state index is -0.520. The van der Waals surface area contributed by atoms with Gasteiger partial charge in [0.05, 0.1) is 12.6 Å². The molecular weight excluding hydrogens is 404 g/mol. The number of pyridine rings is 1. The molecule has 0 saturated carbocycles. The number of H-pyrrole nitrogens is 1. The van der Waals surface area contributed by atoms with Gasteiger partial charge in [-0.3, -0.25) is 4.79 Å². The lowest BCUT2D eigenvalue weighted by Gasteiger charge is -2.21. The molecule has 0 bridgehead atoms. The first-order valence-corrected chi connectivity index (χ1v) is 10.8. The lowest BCUT2D eigenvalue weighted by molar-refractivity contribution is 0.0525. The van der Waals surface area contributed by atoms with Crippen LogP contribution < -0.4 is 15.6 Å². The van der Waals surface area contributed by atoms with Gasteiger partial charge in [-0.1, -0.05) is 31.2 Å². The molecule has 1 aromatic heterocycles. The molecule has 0 aliphatic carbocycles. The van der Waals surface area contributed by atoms with E-state index in [9.17, 15) is 9.59 Å². The van der Waals surface area contributed by atoms with Gasteiger partial charge in [0, 0.05) is 23.1 Å². The number of carbonyl (C=O) groups excluding carboxylic acids is 1. The Hall–Kier alpha value is -3.28. The van der Waals surface area contributed by atoms with Gasteiger partial charge in [0.1, 0.15) is 11.4 Å². The number of carbonyl (C=O) groups is 1. The molecule has 1 atom stereocenters. The van der Waals surface area contributed by atoms with E-state index in [1.165, 1.54) is 0 Å². The fraction of sp³-hybridized carbons (Fsp3) is 0.385. The molecule has 32 heavy (non-hydrogen) atoms. The summed E-state index contributed by atoms with van der Waals surface area (Å²) < 4.78 is 11.0. The van der Waals surface area contributed by atoms with Gasteiger partial charge in [-0.05, 0) is 69.4 Å². The van der Waals surface area contributed by atoms with Crippen LogP contribution in [-0.2, 0) is 4.74 Å². The Morgan fingerprint density at radius 1 is 1.09 bits per heavy atom. The van der Waals surface area contributed by atoms with Crippen LogP contribution in [-0.4, -0.2) is 30.3 Å². The van der Waals surface area contributed by atoms with Gasteiger partial charge in [0.15, 0.2) is 0 Å². The van der Waals surface area contributed by atoms with Gasteiger partial charge in [-0.15, -0.1) is 0 Å². The molecule has 1 heterocycles. The molecule has 0 unspecified atom stereocenters. The zero-order valence-electron chi connectivity index (χ0n) is 19.9. The Labute approximate surface area is 189 Å². The Morgan fingerprint density at radius 2 is 1.75 bits per heavy atom. The third kappa shape index (κ3) is 5.13. The first-order chi connectivity index (χ1) is 15.0. The predicted octanol–water partition coefficient (Wildman–Crippen LogP) is 5.45. The van der Waals surface area contributed by atoms with E-state index >= 15 is 0 Å². The number of hydrogen-bond donors (Lipinski definition) is 2. The van der Waals surface area contributed by atoms with E-state index < -0.39 is 11.7 Å². The third-order valence-electron chi connectivity index (χ3n) is 5.42. The largest absolute Gasteiger partial charge is 0.496 e. The summed E-state index contributed by atoms with van der Waals surface area (Å²) in [7, 11) is 1.65. The fourth-order valence-electron chi connectivity index (χ4n) is 3.72. The van der Waals surface area contributed by atoms with Crippen molar-refractivity contribution in [1.29, 1.82) is 0 Å². The topological polar surface area (TPSA) is 80.4 Å². The zero-order chi connectivity index (χ0) is 23.6. The monoisotopic (exact) mass is 436 g/mol. The molecule has 2 aromatic carbocycles. The van der Waals surface area contributed by atoms with E-state index in [0.29, 0.717) is 12.1 Å². The predicted molar refractivity (Wildman–Crippen MR) is 129 cm³/mol. The molecule has 6 nitrogen and oxygen atoms in total. The second-order valence-corrected chi connectivity index (χ2v) is 9.25. The summed E-state index contributed by atoms with van der Waals surface area (Å²) >= 11 is 0. The molecular formula is C26H32N2O4. The molecule has 2 N–H and O–H groups in total. The number of methoxy groups -OCH3 is 1. The van der Waals surface area contributed by atoms with Crippen molar-refractivity contribution in [3.8, 4) is 16.9 Å². The van der Waals surface area contributed by atoms with Crippen molar-refractivity contribution in [3.05, 3.63) is 63.4 Å². The molecule has 170 valence electrons. The highest BCUT2D eigenvalue weighted by atomic mass is 16.6. The normalized spacial score (nSPS) is 12.5. The van der Waals surface area contributed by atoms with Crippen LogP contribution in [0.3, 0.4) is 0 Å². The number of aromatic amines is 1. The van der Waals surface area contributed by atoms with Crippen molar-refractivity contribution in [2.24, 2.45) is 0 Å². The van der Waals surface area contributed by atoms with E-state index in [1.54, 1.807) is 14.0 Å². The van der Waals surface area contributed by atoms with Gasteiger partial charge in [-0.25, -0.2) is 4.79 Å². The van der Waals surface area contributed by atoms with Crippen molar-refractivity contribution in [2.75, 3.05) is 13.7 Å².